The van der Waals surface area contributed by atoms with Crippen LogP contribution in [0.25, 0.3) is 33.6 Å². The molecule has 0 spiro atoms. The molecule has 2 aromatic carbocycles. The second kappa shape index (κ2) is 14.3. The minimum absolute atomic E-state index is 0.101. The number of ether oxygens (including phenoxy) is 1. The number of aliphatic hydroxyl groups is 1. The SMILES string of the molecule is COc1nc(-c2cccc(-c3ccnc(-c4cc(Cl)c5c(c4)CCN(CC(C)O)C5)c3Cl)c2Cl)ccc1CNC[C@H]1CCC(=O)N1. The molecule has 11 heteroatoms. The molecule has 2 aliphatic heterocycles. The number of amides is 1. The highest BCUT2D eigenvalue weighted by Gasteiger charge is 2.24. The van der Waals surface area contributed by atoms with Crippen molar-refractivity contribution in [2.45, 2.75) is 51.4 Å². The third kappa shape index (κ3) is 7.03. The number of carbonyl (C=O) groups excluding carboxylic acids is 1. The minimum atomic E-state index is -0.394. The first-order valence-corrected chi connectivity index (χ1v) is 16.5. The van der Waals surface area contributed by atoms with Crippen LogP contribution in [-0.2, 0) is 24.3 Å². The number of carbonyl (C=O) groups is 1. The van der Waals surface area contributed by atoms with Crippen molar-refractivity contribution in [3.8, 4) is 39.5 Å². The fourth-order valence-electron chi connectivity index (χ4n) is 6.27. The van der Waals surface area contributed by atoms with Crippen LogP contribution in [0.15, 0.2) is 54.7 Å². The Morgan fingerprint density at radius 1 is 1.09 bits per heavy atom. The quantitative estimate of drug-likeness (QED) is 0.175. The maximum atomic E-state index is 11.5. The van der Waals surface area contributed by atoms with Gasteiger partial charge in [-0.05, 0) is 55.2 Å². The Labute approximate surface area is 284 Å². The summed E-state index contributed by atoms with van der Waals surface area (Å²) in [5.74, 6) is 0.605. The van der Waals surface area contributed by atoms with Crippen LogP contribution in [0, 0.1) is 0 Å². The highest BCUT2D eigenvalue weighted by molar-refractivity contribution is 6.39. The van der Waals surface area contributed by atoms with Gasteiger partial charge in [0.25, 0.3) is 0 Å². The second-order valence-corrected chi connectivity index (χ2v) is 13.1. The van der Waals surface area contributed by atoms with Gasteiger partial charge < -0.3 is 20.5 Å². The number of nitrogens with zero attached hydrogens (tertiary/aromatic N) is 3. The molecule has 0 saturated carbocycles. The minimum Gasteiger partial charge on any atom is -0.481 e. The van der Waals surface area contributed by atoms with E-state index in [1.807, 2.05) is 42.5 Å². The zero-order chi connectivity index (χ0) is 32.4. The molecule has 0 radical (unpaired) electrons. The van der Waals surface area contributed by atoms with Gasteiger partial charge in [-0.2, -0.15) is 0 Å². The van der Waals surface area contributed by atoms with Gasteiger partial charge in [0, 0.05) is 84.2 Å². The van der Waals surface area contributed by atoms with Crippen LogP contribution in [0.4, 0.5) is 0 Å². The van der Waals surface area contributed by atoms with E-state index >= 15 is 0 Å². The van der Waals surface area contributed by atoms with E-state index in [2.05, 4.69) is 26.6 Å². The van der Waals surface area contributed by atoms with E-state index in [0.717, 1.165) is 58.3 Å². The first-order chi connectivity index (χ1) is 22.2. The van der Waals surface area contributed by atoms with Crippen molar-refractivity contribution in [1.82, 2.24) is 25.5 Å². The number of nitrogens with one attached hydrogen (secondary N) is 2. The Morgan fingerprint density at radius 2 is 1.89 bits per heavy atom. The van der Waals surface area contributed by atoms with Gasteiger partial charge in [0.2, 0.25) is 11.8 Å². The summed E-state index contributed by atoms with van der Waals surface area (Å²) in [7, 11) is 1.60. The molecule has 1 saturated heterocycles. The monoisotopic (exact) mass is 679 g/mol. The Bertz CT molecular complexity index is 1770. The number of hydrogen-bond acceptors (Lipinski definition) is 7. The topological polar surface area (TPSA) is 99.6 Å². The largest absolute Gasteiger partial charge is 0.481 e. The molecule has 1 unspecified atom stereocenters. The fraction of sp³-hybridized carbons (Fsp3) is 0.343. The van der Waals surface area contributed by atoms with Crippen LogP contribution in [0.1, 0.15) is 36.5 Å². The molecule has 4 heterocycles. The van der Waals surface area contributed by atoms with Crippen LogP contribution < -0.4 is 15.4 Å². The van der Waals surface area contributed by atoms with Gasteiger partial charge in [-0.1, -0.05) is 59.1 Å². The summed E-state index contributed by atoms with van der Waals surface area (Å²) in [5.41, 5.74) is 7.56. The number of rotatable bonds is 10. The van der Waals surface area contributed by atoms with Crippen LogP contribution in [-0.4, -0.2) is 64.8 Å². The molecule has 1 amide bonds. The van der Waals surface area contributed by atoms with Crippen LogP contribution in [0.2, 0.25) is 15.1 Å². The van der Waals surface area contributed by atoms with Crippen molar-refractivity contribution in [2.24, 2.45) is 0 Å². The molecule has 3 N–H and O–H groups in total. The molecule has 240 valence electrons. The molecule has 8 nitrogen and oxygen atoms in total. The lowest BCUT2D eigenvalue weighted by Gasteiger charge is -2.30. The van der Waals surface area contributed by atoms with Crippen LogP contribution in [0.5, 0.6) is 5.88 Å². The molecular formula is C35H36Cl3N5O3. The molecule has 2 aliphatic rings. The first-order valence-electron chi connectivity index (χ1n) is 15.4. The molecule has 46 heavy (non-hydrogen) atoms. The van der Waals surface area contributed by atoms with E-state index in [-0.39, 0.29) is 11.9 Å². The Morgan fingerprint density at radius 3 is 2.65 bits per heavy atom. The van der Waals surface area contributed by atoms with E-state index in [0.29, 0.717) is 64.9 Å². The number of halogens is 3. The van der Waals surface area contributed by atoms with Crippen molar-refractivity contribution in [2.75, 3.05) is 26.7 Å². The van der Waals surface area contributed by atoms with Crippen LogP contribution in [0.3, 0.4) is 0 Å². The number of benzene rings is 2. The third-order valence-corrected chi connectivity index (χ3v) is 9.67. The average Bonchev–Trinajstić information content (AvgIpc) is 3.46. The van der Waals surface area contributed by atoms with Gasteiger partial charge in [0.15, 0.2) is 0 Å². The molecule has 1 fully saturated rings. The van der Waals surface area contributed by atoms with Gasteiger partial charge in [-0.3, -0.25) is 14.7 Å². The number of aliphatic hydroxyl groups excluding tert-OH is 1. The molecule has 2 aromatic heterocycles. The van der Waals surface area contributed by atoms with Gasteiger partial charge >= 0.3 is 0 Å². The average molecular weight is 681 g/mol. The number of aromatic nitrogens is 2. The predicted octanol–water partition coefficient (Wildman–Crippen LogP) is 6.55. The third-order valence-electron chi connectivity index (χ3n) is 8.54. The highest BCUT2D eigenvalue weighted by atomic mass is 35.5. The van der Waals surface area contributed by atoms with Gasteiger partial charge in [-0.25, -0.2) is 4.98 Å². The standard InChI is InChI=1S/C35H36Cl3N5O3/c1-20(44)18-43-13-11-21-14-23(15-29(36)28(21)19-43)34-33(38)26(10-12-40-34)25-4-3-5-27(32(25)37)30-8-6-22(35(42-30)46-2)16-39-17-24-7-9-31(45)41-24/h3-6,8,10,12,14-15,20,24,39,44H,7,9,11,13,16-19H2,1-2H3,(H,41,45)/t20?,24-/m1/s1. The van der Waals surface area contributed by atoms with Gasteiger partial charge in [0.1, 0.15) is 0 Å². The normalized spacial score (nSPS) is 17.1. The van der Waals surface area contributed by atoms with Gasteiger partial charge in [-0.15, -0.1) is 0 Å². The van der Waals surface area contributed by atoms with E-state index in [9.17, 15) is 9.90 Å². The van der Waals surface area contributed by atoms with Crippen LogP contribution >= 0.6 is 34.8 Å². The van der Waals surface area contributed by atoms with Crippen molar-refractivity contribution < 1.29 is 14.6 Å². The summed E-state index contributed by atoms with van der Waals surface area (Å²) < 4.78 is 5.64. The van der Waals surface area contributed by atoms with E-state index in [1.165, 1.54) is 0 Å². The highest BCUT2D eigenvalue weighted by Crippen LogP contribution is 2.42. The lowest BCUT2D eigenvalue weighted by Crippen LogP contribution is -2.35. The Balaban J connectivity index is 1.26. The number of fused-ring (bicyclic) bond motifs is 1. The molecule has 2 atom stereocenters. The maximum Gasteiger partial charge on any atom is 0.220 e. The van der Waals surface area contributed by atoms with Gasteiger partial charge in [0.05, 0.1) is 34.6 Å². The summed E-state index contributed by atoms with van der Waals surface area (Å²) in [6, 6.07) is 15.7. The number of hydrogen-bond donors (Lipinski definition) is 3. The number of methoxy groups -OCH3 is 1. The predicted molar refractivity (Wildman–Crippen MR) is 183 cm³/mol. The van der Waals surface area contributed by atoms with E-state index in [4.69, 9.17) is 44.5 Å². The first kappa shape index (κ1) is 32.7. The molecular weight excluding hydrogens is 645 g/mol. The molecule has 6 rings (SSSR count). The summed E-state index contributed by atoms with van der Waals surface area (Å²) >= 11 is 20.9. The summed E-state index contributed by atoms with van der Waals surface area (Å²) in [6.45, 7) is 5.18. The van der Waals surface area contributed by atoms with Crippen molar-refractivity contribution in [1.29, 1.82) is 0 Å². The van der Waals surface area contributed by atoms with Crippen molar-refractivity contribution >= 4 is 40.7 Å². The number of pyridine rings is 2. The van der Waals surface area contributed by atoms with Crippen molar-refractivity contribution in [3.05, 3.63) is 86.5 Å². The zero-order valence-electron chi connectivity index (χ0n) is 25.7. The maximum absolute atomic E-state index is 11.5. The Hall–Kier alpha value is -3.24. The number of β-amino-alcohol motifs (C(OH)–C–C–N with tert-alkyl or cyclic N) is 1. The van der Waals surface area contributed by atoms with E-state index < -0.39 is 6.10 Å². The molecule has 0 aliphatic carbocycles. The van der Waals surface area contributed by atoms with E-state index in [1.54, 1.807) is 20.2 Å². The lowest BCUT2D eigenvalue weighted by molar-refractivity contribution is -0.119. The fourth-order valence-corrected chi connectivity index (χ4v) is 7.22. The summed E-state index contributed by atoms with van der Waals surface area (Å²) in [6.07, 6.45) is 3.57. The van der Waals surface area contributed by atoms with Crippen molar-refractivity contribution in [3.63, 3.8) is 0 Å². The molecule has 0 bridgehead atoms. The summed E-state index contributed by atoms with van der Waals surface area (Å²) in [5, 5.41) is 17.9. The summed E-state index contributed by atoms with van der Waals surface area (Å²) in [4.78, 5) is 23.1. The smallest absolute Gasteiger partial charge is 0.220 e. The second-order valence-electron chi connectivity index (χ2n) is 11.9. The molecule has 4 aromatic rings. The Kier molecular flexibility index (Phi) is 10.1. The lowest BCUT2D eigenvalue weighted by atomic mass is 9.94. The zero-order valence-corrected chi connectivity index (χ0v) is 28.0.